The molecular formula is C24H26BrClN2O2S. The van der Waals surface area contributed by atoms with Crippen molar-refractivity contribution in [2.45, 2.75) is 42.0 Å². The summed E-state index contributed by atoms with van der Waals surface area (Å²) in [6.45, 7) is 8.86. The van der Waals surface area contributed by atoms with Crippen LogP contribution < -0.4 is 5.32 Å². The highest BCUT2D eigenvalue weighted by Crippen LogP contribution is 2.53. The summed E-state index contributed by atoms with van der Waals surface area (Å²) in [6.07, 6.45) is 5.38. The van der Waals surface area contributed by atoms with Crippen molar-refractivity contribution < 1.29 is 8.42 Å². The molecule has 1 saturated carbocycles. The quantitative estimate of drug-likeness (QED) is 0.445. The Hall–Kier alpha value is -1.60. The van der Waals surface area contributed by atoms with E-state index in [1.807, 2.05) is 6.07 Å². The molecule has 164 valence electrons. The minimum Gasteiger partial charge on any atom is -0.381 e. The van der Waals surface area contributed by atoms with Gasteiger partial charge in [-0.3, -0.25) is 0 Å². The molecular weight excluding hydrogens is 496 g/mol. The third-order valence-corrected chi connectivity index (χ3v) is 9.15. The zero-order chi connectivity index (χ0) is 22.2. The molecule has 0 bridgehead atoms. The van der Waals surface area contributed by atoms with Gasteiger partial charge >= 0.3 is 0 Å². The third-order valence-electron chi connectivity index (χ3n) is 6.53. The van der Waals surface area contributed by atoms with Crippen molar-refractivity contribution in [1.29, 1.82) is 0 Å². The van der Waals surface area contributed by atoms with E-state index >= 15 is 0 Å². The van der Waals surface area contributed by atoms with E-state index in [2.05, 4.69) is 46.5 Å². The van der Waals surface area contributed by atoms with E-state index in [4.69, 9.17) is 11.6 Å². The van der Waals surface area contributed by atoms with Crippen molar-refractivity contribution in [2.24, 2.45) is 0 Å². The second kappa shape index (κ2) is 8.74. The van der Waals surface area contributed by atoms with E-state index in [-0.39, 0.29) is 22.9 Å². The number of rotatable bonds is 7. The SMILES string of the molecule is C=CCN(CC[C@@]12C(=C)CCC[C@@H]1Nc1ccc(Br)cc12)S(=O)(=O)c1ccc(Cl)cc1. The number of fused-ring (bicyclic) bond motifs is 3. The normalized spacial score (nSPS) is 22.7. The largest absolute Gasteiger partial charge is 0.381 e. The van der Waals surface area contributed by atoms with Crippen molar-refractivity contribution in [3.8, 4) is 0 Å². The molecule has 1 heterocycles. The first-order valence-corrected chi connectivity index (χ1v) is 13.0. The topological polar surface area (TPSA) is 49.4 Å². The Balaban J connectivity index is 1.69. The summed E-state index contributed by atoms with van der Waals surface area (Å²) >= 11 is 9.57. The monoisotopic (exact) mass is 520 g/mol. The second-order valence-corrected chi connectivity index (χ2v) is 11.5. The molecule has 1 aliphatic heterocycles. The van der Waals surface area contributed by atoms with Crippen LogP contribution in [0.15, 0.2) is 76.6 Å². The van der Waals surface area contributed by atoms with Crippen LogP contribution >= 0.6 is 27.5 Å². The lowest BCUT2D eigenvalue weighted by Crippen LogP contribution is -2.46. The minimum absolute atomic E-state index is 0.224. The van der Waals surface area contributed by atoms with Crippen LogP contribution in [0.1, 0.15) is 31.2 Å². The van der Waals surface area contributed by atoms with Crippen LogP contribution in [0.4, 0.5) is 5.69 Å². The Morgan fingerprint density at radius 2 is 2.00 bits per heavy atom. The molecule has 2 aromatic rings. The Morgan fingerprint density at radius 1 is 1.26 bits per heavy atom. The smallest absolute Gasteiger partial charge is 0.243 e. The van der Waals surface area contributed by atoms with Crippen molar-refractivity contribution in [2.75, 3.05) is 18.4 Å². The second-order valence-electron chi connectivity index (χ2n) is 8.21. The molecule has 0 radical (unpaired) electrons. The molecule has 4 nitrogen and oxygen atoms in total. The van der Waals surface area contributed by atoms with E-state index in [9.17, 15) is 8.42 Å². The van der Waals surface area contributed by atoms with Crippen LogP contribution in [0.5, 0.6) is 0 Å². The molecule has 2 aliphatic rings. The Bertz CT molecular complexity index is 1120. The molecule has 0 amide bonds. The average Bonchev–Trinajstić information content (AvgIpc) is 3.06. The third kappa shape index (κ3) is 3.99. The van der Waals surface area contributed by atoms with Crippen LogP contribution in [0.3, 0.4) is 0 Å². The first kappa shape index (κ1) is 22.6. The zero-order valence-electron chi connectivity index (χ0n) is 17.3. The molecule has 0 saturated heterocycles. The number of halogens is 2. The summed E-state index contributed by atoms with van der Waals surface area (Å²) in [5, 5.41) is 4.19. The summed E-state index contributed by atoms with van der Waals surface area (Å²) in [7, 11) is -3.67. The first-order valence-electron chi connectivity index (χ1n) is 10.4. The Labute approximate surface area is 198 Å². The summed E-state index contributed by atoms with van der Waals surface area (Å²) in [6, 6.07) is 12.8. The van der Waals surface area contributed by atoms with E-state index < -0.39 is 10.0 Å². The number of hydrogen-bond acceptors (Lipinski definition) is 3. The van der Waals surface area contributed by atoms with Gasteiger partial charge in [0.1, 0.15) is 0 Å². The highest BCUT2D eigenvalue weighted by molar-refractivity contribution is 9.10. The number of nitrogens with zero attached hydrogens (tertiary/aromatic N) is 1. The summed E-state index contributed by atoms with van der Waals surface area (Å²) in [5.74, 6) is 0. The molecule has 0 unspecified atom stereocenters. The molecule has 1 N–H and O–H groups in total. The summed E-state index contributed by atoms with van der Waals surface area (Å²) in [4.78, 5) is 0.239. The Kier molecular flexibility index (Phi) is 6.37. The van der Waals surface area contributed by atoms with Gasteiger partial charge in [0, 0.05) is 39.7 Å². The van der Waals surface area contributed by atoms with Gasteiger partial charge in [-0.15, -0.1) is 6.58 Å². The van der Waals surface area contributed by atoms with Gasteiger partial charge in [-0.2, -0.15) is 4.31 Å². The molecule has 2 aromatic carbocycles. The number of sulfonamides is 1. The summed E-state index contributed by atoms with van der Waals surface area (Å²) < 4.78 is 29.3. The van der Waals surface area contributed by atoms with Crippen LogP contribution in [-0.2, 0) is 15.4 Å². The van der Waals surface area contributed by atoms with E-state index in [1.54, 1.807) is 30.3 Å². The highest BCUT2D eigenvalue weighted by Gasteiger charge is 2.50. The number of benzene rings is 2. The maximum Gasteiger partial charge on any atom is 0.243 e. The number of hydrogen-bond donors (Lipinski definition) is 1. The zero-order valence-corrected chi connectivity index (χ0v) is 20.4. The molecule has 0 spiro atoms. The van der Waals surface area contributed by atoms with E-state index in [0.717, 1.165) is 29.4 Å². The number of anilines is 1. The maximum atomic E-state index is 13.4. The van der Waals surface area contributed by atoms with Crippen LogP contribution in [-0.4, -0.2) is 31.9 Å². The number of nitrogens with one attached hydrogen (secondary N) is 1. The van der Waals surface area contributed by atoms with Gasteiger partial charge in [0.15, 0.2) is 0 Å². The molecule has 31 heavy (non-hydrogen) atoms. The predicted molar refractivity (Wildman–Crippen MR) is 131 cm³/mol. The van der Waals surface area contributed by atoms with Gasteiger partial charge in [0.25, 0.3) is 0 Å². The van der Waals surface area contributed by atoms with Crippen molar-refractivity contribution >= 4 is 43.2 Å². The highest BCUT2D eigenvalue weighted by atomic mass is 79.9. The molecule has 0 aromatic heterocycles. The van der Waals surface area contributed by atoms with Crippen molar-refractivity contribution in [1.82, 2.24) is 4.31 Å². The molecule has 1 fully saturated rings. The average molecular weight is 522 g/mol. The lowest BCUT2D eigenvalue weighted by atomic mass is 9.63. The van der Waals surface area contributed by atoms with Gasteiger partial charge in [0.2, 0.25) is 10.0 Å². The van der Waals surface area contributed by atoms with Gasteiger partial charge in [0.05, 0.1) is 4.90 Å². The maximum absolute atomic E-state index is 13.4. The fourth-order valence-corrected chi connectivity index (χ4v) is 6.90. The van der Waals surface area contributed by atoms with E-state index in [0.29, 0.717) is 18.0 Å². The van der Waals surface area contributed by atoms with E-state index in [1.165, 1.54) is 15.4 Å². The molecule has 1 aliphatic carbocycles. The van der Waals surface area contributed by atoms with Crippen molar-refractivity contribution in [3.05, 3.63) is 82.3 Å². The fourth-order valence-electron chi connectivity index (χ4n) is 5.00. The van der Waals surface area contributed by atoms with Crippen LogP contribution in [0, 0.1) is 0 Å². The van der Waals surface area contributed by atoms with Gasteiger partial charge < -0.3 is 5.32 Å². The minimum atomic E-state index is -3.67. The standard InChI is InChI=1S/C24H26BrClN2O2S/c1-3-14-28(31(29,30)20-10-8-19(26)9-11-20)15-13-24-17(2)5-4-6-23(24)27-22-12-7-18(25)16-21(22)24/h3,7-12,16,23,27H,1-2,4-6,13-15H2/t23-,24-/m0/s1. The predicted octanol–water partition coefficient (Wildman–Crippen LogP) is 6.14. The lowest BCUT2D eigenvalue weighted by molar-refractivity contribution is 0.309. The lowest BCUT2D eigenvalue weighted by Gasteiger charge is -2.42. The van der Waals surface area contributed by atoms with Gasteiger partial charge in [-0.1, -0.05) is 45.8 Å². The fraction of sp³-hybridized carbons (Fsp3) is 0.333. The Morgan fingerprint density at radius 3 is 2.71 bits per heavy atom. The molecule has 2 atom stereocenters. The molecule has 7 heteroatoms. The van der Waals surface area contributed by atoms with Crippen molar-refractivity contribution in [3.63, 3.8) is 0 Å². The first-order chi connectivity index (χ1) is 14.8. The summed E-state index contributed by atoms with van der Waals surface area (Å²) in [5.41, 5.74) is 3.22. The molecule has 4 rings (SSSR count). The van der Waals surface area contributed by atoms with Gasteiger partial charge in [-0.25, -0.2) is 8.42 Å². The van der Waals surface area contributed by atoms with Gasteiger partial charge in [-0.05, 0) is 73.7 Å². The van der Waals surface area contributed by atoms with Crippen LogP contribution in [0.2, 0.25) is 5.02 Å². The van der Waals surface area contributed by atoms with Crippen LogP contribution in [0.25, 0.3) is 0 Å².